The molecule has 4 rings (SSSR count). The van der Waals surface area contributed by atoms with E-state index in [0.717, 1.165) is 43.6 Å². The fraction of sp³-hybridized carbons (Fsp3) is 0.375. The fourth-order valence-electron chi connectivity index (χ4n) is 4.21. The number of nitrogens with zero attached hydrogens (tertiary/aromatic N) is 4. The third-order valence-corrected chi connectivity index (χ3v) is 7.44. The van der Waals surface area contributed by atoms with Crippen LogP contribution in [0.25, 0.3) is 11.3 Å². The zero-order chi connectivity index (χ0) is 24.3. The number of aromatic nitrogens is 3. The molecule has 1 aromatic heterocycles. The fourth-order valence-corrected chi connectivity index (χ4v) is 5.61. The molecule has 1 fully saturated rings. The number of benzene rings is 2. The van der Waals surface area contributed by atoms with E-state index in [0.29, 0.717) is 23.4 Å². The van der Waals surface area contributed by atoms with Gasteiger partial charge in [-0.25, -0.2) is 13.2 Å². The first kappa shape index (κ1) is 23.7. The summed E-state index contributed by atoms with van der Waals surface area (Å²) in [6.07, 6.45) is 5.55. The van der Waals surface area contributed by atoms with Gasteiger partial charge in [0.2, 0.25) is 0 Å². The van der Waals surface area contributed by atoms with Crippen LogP contribution in [0.2, 0.25) is 0 Å². The second-order valence-corrected chi connectivity index (χ2v) is 9.98. The molecular weight excluding hydrogens is 454 g/mol. The highest BCUT2D eigenvalue weighted by Crippen LogP contribution is 2.34. The van der Waals surface area contributed by atoms with Crippen molar-refractivity contribution in [1.82, 2.24) is 15.0 Å². The molecule has 180 valence electrons. The normalized spacial score (nSPS) is 14.1. The first-order valence-electron chi connectivity index (χ1n) is 11.3. The van der Waals surface area contributed by atoms with E-state index < -0.39 is 16.0 Å². The van der Waals surface area contributed by atoms with Crippen LogP contribution in [0.3, 0.4) is 0 Å². The molecule has 0 aliphatic carbocycles. The second kappa shape index (κ2) is 9.84. The summed E-state index contributed by atoms with van der Waals surface area (Å²) in [5.41, 5.74) is 3.49. The van der Waals surface area contributed by atoms with Crippen LogP contribution < -0.4 is 9.62 Å². The third-order valence-electron chi connectivity index (χ3n) is 5.99. The Morgan fingerprint density at radius 1 is 1.12 bits per heavy atom. The molecule has 0 atom stereocenters. The molecule has 34 heavy (non-hydrogen) atoms. The standard InChI is InChI=1S/C24H29N5O4S/c1-4-17-8-9-19(24(30)33-3)15-23(17)34(31,32)26-20-14-18(21-16-28(2)27-25-21)10-11-22(20)29-12-6-5-7-13-29/h8-11,14-16,26H,4-7,12-13H2,1-3H3. The van der Waals surface area contributed by atoms with E-state index in [1.807, 2.05) is 19.1 Å². The molecule has 0 unspecified atom stereocenters. The van der Waals surface area contributed by atoms with Gasteiger partial charge < -0.3 is 9.64 Å². The minimum absolute atomic E-state index is 0.0624. The van der Waals surface area contributed by atoms with Crippen LogP contribution in [-0.2, 0) is 28.2 Å². The molecule has 1 saturated heterocycles. The van der Waals surface area contributed by atoms with Gasteiger partial charge in [0.15, 0.2) is 0 Å². The van der Waals surface area contributed by atoms with Gasteiger partial charge in [0.1, 0.15) is 5.69 Å². The van der Waals surface area contributed by atoms with Crippen LogP contribution in [0.4, 0.5) is 11.4 Å². The average Bonchev–Trinajstić information content (AvgIpc) is 3.29. The van der Waals surface area contributed by atoms with Crippen LogP contribution in [0.1, 0.15) is 42.1 Å². The zero-order valence-electron chi connectivity index (χ0n) is 19.6. The van der Waals surface area contributed by atoms with Gasteiger partial charge in [-0.1, -0.05) is 24.3 Å². The smallest absolute Gasteiger partial charge is 0.337 e. The number of rotatable bonds is 7. The molecule has 0 saturated carbocycles. The van der Waals surface area contributed by atoms with Gasteiger partial charge in [-0.15, -0.1) is 5.10 Å². The van der Waals surface area contributed by atoms with Gasteiger partial charge in [-0.05, 0) is 55.5 Å². The predicted molar refractivity (Wildman–Crippen MR) is 130 cm³/mol. The van der Waals surface area contributed by atoms with Crippen molar-refractivity contribution in [2.75, 3.05) is 29.8 Å². The number of anilines is 2. The number of esters is 1. The number of carbonyl (C=O) groups is 1. The highest BCUT2D eigenvalue weighted by atomic mass is 32.2. The lowest BCUT2D eigenvalue weighted by atomic mass is 10.1. The third kappa shape index (κ3) is 4.91. The maximum absolute atomic E-state index is 13.6. The molecule has 0 spiro atoms. The van der Waals surface area contributed by atoms with E-state index in [1.165, 1.54) is 13.2 Å². The number of ether oxygens (including phenoxy) is 1. The summed E-state index contributed by atoms with van der Waals surface area (Å²) in [6.45, 7) is 3.59. The highest BCUT2D eigenvalue weighted by molar-refractivity contribution is 7.92. The number of aryl methyl sites for hydroxylation is 2. The molecule has 0 amide bonds. The molecule has 2 heterocycles. The van der Waals surface area contributed by atoms with Crippen LogP contribution in [0, 0.1) is 0 Å². The number of piperidine rings is 1. The number of hydrogen-bond donors (Lipinski definition) is 1. The predicted octanol–water partition coefficient (Wildman–Crippen LogP) is 3.62. The van der Waals surface area contributed by atoms with Crippen LogP contribution >= 0.6 is 0 Å². The molecule has 10 heteroatoms. The summed E-state index contributed by atoms with van der Waals surface area (Å²) >= 11 is 0. The van der Waals surface area contributed by atoms with Gasteiger partial charge in [-0.2, -0.15) is 0 Å². The molecule has 3 aromatic rings. The maximum atomic E-state index is 13.6. The van der Waals surface area contributed by atoms with Gasteiger partial charge in [-0.3, -0.25) is 9.40 Å². The van der Waals surface area contributed by atoms with Crippen molar-refractivity contribution in [3.8, 4) is 11.3 Å². The van der Waals surface area contributed by atoms with Crippen LogP contribution in [-0.4, -0.2) is 49.6 Å². The second-order valence-electron chi connectivity index (χ2n) is 8.33. The molecular formula is C24H29N5O4S. The molecule has 0 radical (unpaired) electrons. The monoisotopic (exact) mass is 483 g/mol. The summed E-state index contributed by atoms with van der Waals surface area (Å²) in [5.74, 6) is -0.585. The van der Waals surface area contributed by atoms with E-state index in [9.17, 15) is 13.2 Å². The molecule has 1 N–H and O–H groups in total. The minimum Gasteiger partial charge on any atom is -0.465 e. The quantitative estimate of drug-likeness (QED) is 0.512. The Labute approximate surface area is 199 Å². The van der Waals surface area contributed by atoms with Gasteiger partial charge >= 0.3 is 5.97 Å². The van der Waals surface area contributed by atoms with Crippen molar-refractivity contribution >= 4 is 27.4 Å². The Bertz CT molecular complexity index is 1300. The summed E-state index contributed by atoms with van der Waals surface area (Å²) in [6, 6.07) is 10.3. The first-order chi connectivity index (χ1) is 16.3. The van der Waals surface area contributed by atoms with Crippen molar-refractivity contribution in [1.29, 1.82) is 0 Å². The van der Waals surface area contributed by atoms with Crippen molar-refractivity contribution in [3.05, 3.63) is 53.7 Å². The first-order valence-corrected chi connectivity index (χ1v) is 12.8. The minimum atomic E-state index is -4.00. The Morgan fingerprint density at radius 2 is 1.88 bits per heavy atom. The largest absolute Gasteiger partial charge is 0.465 e. The summed E-state index contributed by atoms with van der Waals surface area (Å²) in [4.78, 5) is 14.3. The average molecular weight is 484 g/mol. The Balaban J connectivity index is 1.78. The van der Waals surface area contributed by atoms with E-state index in [-0.39, 0.29) is 10.5 Å². The van der Waals surface area contributed by atoms with E-state index in [2.05, 4.69) is 19.9 Å². The summed E-state index contributed by atoms with van der Waals surface area (Å²) < 4.78 is 36.4. The SMILES string of the molecule is CCc1ccc(C(=O)OC)cc1S(=O)(=O)Nc1cc(-c2cn(C)nn2)ccc1N1CCCCC1. The number of nitrogens with one attached hydrogen (secondary N) is 1. The number of sulfonamides is 1. The molecule has 0 bridgehead atoms. The number of carbonyl (C=O) groups excluding carboxylic acids is 1. The van der Waals surface area contributed by atoms with E-state index >= 15 is 0 Å². The molecule has 9 nitrogen and oxygen atoms in total. The lowest BCUT2D eigenvalue weighted by molar-refractivity contribution is 0.0600. The summed E-state index contributed by atoms with van der Waals surface area (Å²) in [5, 5.41) is 8.15. The van der Waals surface area contributed by atoms with Crippen molar-refractivity contribution in [3.63, 3.8) is 0 Å². The number of methoxy groups -OCH3 is 1. The maximum Gasteiger partial charge on any atom is 0.337 e. The van der Waals surface area contributed by atoms with Crippen molar-refractivity contribution < 1.29 is 17.9 Å². The Morgan fingerprint density at radius 3 is 2.53 bits per heavy atom. The van der Waals surface area contributed by atoms with Gasteiger partial charge in [0.25, 0.3) is 10.0 Å². The Hall–Kier alpha value is -3.40. The highest BCUT2D eigenvalue weighted by Gasteiger charge is 2.24. The van der Waals surface area contributed by atoms with Crippen LogP contribution in [0.15, 0.2) is 47.5 Å². The molecule has 2 aromatic carbocycles. The number of hydrogen-bond acceptors (Lipinski definition) is 7. The Kier molecular flexibility index (Phi) is 6.87. The summed E-state index contributed by atoms with van der Waals surface area (Å²) in [7, 11) is -0.951. The van der Waals surface area contributed by atoms with E-state index in [1.54, 1.807) is 36.1 Å². The van der Waals surface area contributed by atoms with Gasteiger partial charge in [0, 0.05) is 25.7 Å². The zero-order valence-corrected chi connectivity index (χ0v) is 20.4. The van der Waals surface area contributed by atoms with E-state index in [4.69, 9.17) is 4.74 Å². The lowest BCUT2D eigenvalue weighted by Gasteiger charge is -2.31. The van der Waals surface area contributed by atoms with Crippen molar-refractivity contribution in [2.45, 2.75) is 37.5 Å². The van der Waals surface area contributed by atoms with Crippen molar-refractivity contribution in [2.24, 2.45) is 7.05 Å². The van der Waals surface area contributed by atoms with Gasteiger partial charge in [0.05, 0.1) is 35.1 Å². The lowest BCUT2D eigenvalue weighted by Crippen LogP contribution is -2.30. The topological polar surface area (TPSA) is 106 Å². The molecule has 1 aliphatic rings. The van der Waals surface area contributed by atoms with Crippen LogP contribution in [0.5, 0.6) is 0 Å². The molecule has 1 aliphatic heterocycles.